The van der Waals surface area contributed by atoms with Gasteiger partial charge in [0.25, 0.3) is 0 Å². The highest BCUT2D eigenvalue weighted by Gasteiger charge is 2.37. The molecule has 0 saturated carbocycles. The van der Waals surface area contributed by atoms with E-state index in [1.165, 1.54) is 32.4 Å². The number of nitrogen functional groups attached to an aromatic ring is 1. The van der Waals surface area contributed by atoms with Gasteiger partial charge in [0.15, 0.2) is 0 Å². The number of fused-ring (bicyclic) bond motifs is 2. The van der Waals surface area contributed by atoms with Crippen molar-refractivity contribution in [2.24, 2.45) is 0 Å². The van der Waals surface area contributed by atoms with Gasteiger partial charge >= 0.3 is 0 Å². The standard InChI is InChI=1S/C15H19N5/c16-15-18-11-5-2-1-4-10(11)14(19-15)17-12-7-9-20-8-3-6-13(12)20/h1-2,4-5,12-13H,3,6-9H2,(H3,16,17,18,19). The van der Waals surface area contributed by atoms with E-state index in [0.717, 1.165) is 16.7 Å². The number of nitrogens with one attached hydrogen (secondary N) is 1. The zero-order valence-corrected chi connectivity index (χ0v) is 11.4. The van der Waals surface area contributed by atoms with E-state index >= 15 is 0 Å². The van der Waals surface area contributed by atoms with Crippen molar-refractivity contribution in [1.82, 2.24) is 14.9 Å². The molecular weight excluding hydrogens is 250 g/mol. The van der Waals surface area contributed by atoms with E-state index in [-0.39, 0.29) is 0 Å². The van der Waals surface area contributed by atoms with Crippen molar-refractivity contribution in [3.8, 4) is 0 Å². The van der Waals surface area contributed by atoms with Crippen molar-refractivity contribution < 1.29 is 0 Å². The highest BCUT2D eigenvalue weighted by Crippen LogP contribution is 2.31. The van der Waals surface area contributed by atoms with E-state index in [0.29, 0.717) is 18.0 Å². The Hall–Kier alpha value is -1.88. The molecule has 1 aromatic carbocycles. The Bertz CT molecular complexity index is 641. The van der Waals surface area contributed by atoms with Crippen LogP contribution in [-0.2, 0) is 0 Å². The van der Waals surface area contributed by atoms with Crippen molar-refractivity contribution in [3.05, 3.63) is 24.3 Å². The number of nitrogens with two attached hydrogens (primary N) is 1. The van der Waals surface area contributed by atoms with E-state index in [4.69, 9.17) is 5.73 Å². The smallest absolute Gasteiger partial charge is 0.222 e. The third-order valence-corrected chi connectivity index (χ3v) is 4.55. The third-order valence-electron chi connectivity index (χ3n) is 4.55. The predicted octanol–water partition coefficient (Wildman–Crippen LogP) is 1.86. The van der Waals surface area contributed by atoms with Gasteiger partial charge in [-0.2, -0.15) is 4.98 Å². The van der Waals surface area contributed by atoms with Crippen LogP contribution in [0, 0.1) is 0 Å². The first-order valence-electron chi connectivity index (χ1n) is 7.34. The lowest BCUT2D eigenvalue weighted by atomic mass is 10.1. The van der Waals surface area contributed by atoms with Gasteiger partial charge in [-0.15, -0.1) is 0 Å². The molecule has 2 atom stereocenters. The van der Waals surface area contributed by atoms with Crippen LogP contribution in [0.25, 0.3) is 10.9 Å². The summed E-state index contributed by atoms with van der Waals surface area (Å²) in [4.78, 5) is 11.3. The molecule has 5 nitrogen and oxygen atoms in total. The van der Waals surface area contributed by atoms with E-state index in [1.807, 2.05) is 18.2 Å². The fraction of sp³-hybridized carbons (Fsp3) is 0.467. The van der Waals surface area contributed by atoms with Gasteiger partial charge in [-0.3, -0.25) is 4.90 Å². The van der Waals surface area contributed by atoms with Gasteiger partial charge in [0.05, 0.1) is 5.52 Å². The second kappa shape index (κ2) is 4.59. The zero-order valence-electron chi connectivity index (χ0n) is 11.4. The second-order valence-corrected chi connectivity index (χ2v) is 5.73. The average molecular weight is 269 g/mol. The van der Waals surface area contributed by atoms with Gasteiger partial charge < -0.3 is 11.1 Å². The lowest BCUT2D eigenvalue weighted by Gasteiger charge is -2.22. The highest BCUT2D eigenvalue weighted by molar-refractivity contribution is 5.90. The normalized spacial score (nSPS) is 26.0. The minimum Gasteiger partial charge on any atom is -0.368 e. The molecule has 0 amide bonds. The summed E-state index contributed by atoms with van der Waals surface area (Å²) in [6.07, 6.45) is 3.79. The van der Waals surface area contributed by atoms with E-state index in [9.17, 15) is 0 Å². The number of anilines is 2. The Morgan fingerprint density at radius 2 is 2.05 bits per heavy atom. The summed E-state index contributed by atoms with van der Waals surface area (Å²) in [5.41, 5.74) is 6.74. The molecule has 0 bridgehead atoms. The number of hydrogen-bond acceptors (Lipinski definition) is 5. The topological polar surface area (TPSA) is 67.1 Å². The summed E-state index contributed by atoms with van der Waals surface area (Å²) < 4.78 is 0. The Labute approximate surface area is 118 Å². The SMILES string of the molecule is Nc1nc(NC2CCN3CCCC23)c2ccccc2n1. The van der Waals surface area contributed by atoms with Crippen LogP contribution >= 0.6 is 0 Å². The first-order valence-corrected chi connectivity index (χ1v) is 7.34. The number of rotatable bonds is 2. The van der Waals surface area contributed by atoms with Crippen molar-refractivity contribution in [3.63, 3.8) is 0 Å². The minimum absolute atomic E-state index is 0.340. The molecule has 0 spiro atoms. The molecule has 0 aliphatic carbocycles. The quantitative estimate of drug-likeness (QED) is 0.871. The Morgan fingerprint density at radius 3 is 3.00 bits per heavy atom. The van der Waals surface area contributed by atoms with Crippen LogP contribution in [-0.4, -0.2) is 40.0 Å². The monoisotopic (exact) mass is 269 g/mol. The molecule has 2 fully saturated rings. The molecule has 2 aliphatic heterocycles. The van der Waals surface area contributed by atoms with Crippen LogP contribution in [0.3, 0.4) is 0 Å². The molecule has 104 valence electrons. The molecule has 2 aromatic rings. The number of para-hydroxylation sites is 1. The lowest BCUT2D eigenvalue weighted by Crippen LogP contribution is -2.34. The molecule has 4 rings (SSSR count). The van der Waals surface area contributed by atoms with Gasteiger partial charge in [-0.1, -0.05) is 12.1 Å². The van der Waals surface area contributed by atoms with Crippen molar-refractivity contribution in [2.45, 2.75) is 31.3 Å². The summed E-state index contributed by atoms with van der Waals surface area (Å²) in [5.74, 6) is 1.22. The third kappa shape index (κ3) is 1.89. The highest BCUT2D eigenvalue weighted by atomic mass is 15.2. The van der Waals surface area contributed by atoms with Crippen molar-refractivity contribution in [2.75, 3.05) is 24.1 Å². The summed E-state index contributed by atoms with van der Waals surface area (Å²) >= 11 is 0. The molecule has 2 aliphatic rings. The molecule has 2 unspecified atom stereocenters. The molecule has 0 radical (unpaired) electrons. The predicted molar refractivity (Wildman–Crippen MR) is 80.6 cm³/mol. The largest absolute Gasteiger partial charge is 0.368 e. The number of aromatic nitrogens is 2. The van der Waals surface area contributed by atoms with Gasteiger partial charge in [0.2, 0.25) is 5.95 Å². The van der Waals surface area contributed by atoms with Crippen LogP contribution in [0.5, 0.6) is 0 Å². The zero-order chi connectivity index (χ0) is 13.5. The maximum absolute atomic E-state index is 5.83. The fourth-order valence-electron chi connectivity index (χ4n) is 3.63. The molecule has 20 heavy (non-hydrogen) atoms. The van der Waals surface area contributed by atoms with E-state index in [1.54, 1.807) is 0 Å². The van der Waals surface area contributed by atoms with Crippen LogP contribution < -0.4 is 11.1 Å². The van der Waals surface area contributed by atoms with Crippen LogP contribution in [0.15, 0.2) is 24.3 Å². The maximum atomic E-state index is 5.83. The van der Waals surface area contributed by atoms with E-state index < -0.39 is 0 Å². The summed E-state index contributed by atoms with van der Waals surface area (Å²) in [5, 5.41) is 4.68. The molecule has 2 saturated heterocycles. The Kier molecular flexibility index (Phi) is 2.73. The number of nitrogens with zero attached hydrogens (tertiary/aromatic N) is 3. The Morgan fingerprint density at radius 1 is 1.15 bits per heavy atom. The molecule has 1 aromatic heterocycles. The first-order chi connectivity index (χ1) is 9.81. The lowest BCUT2D eigenvalue weighted by molar-refractivity contribution is 0.318. The maximum Gasteiger partial charge on any atom is 0.222 e. The Balaban J connectivity index is 1.68. The first kappa shape index (κ1) is 11.9. The van der Waals surface area contributed by atoms with Crippen LogP contribution in [0.1, 0.15) is 19.3 Å². The van der Waals surface area contributed by atoms with Gasteiger partial charge in [0.1, 0.15) is 5.82 Å². The fourth-order valence-corrected chi connectivity index (χ4v) is 3.63. The van der Waals surface area contributed by atoms with Gasteiger partial charge in [0, 0.05) is 24.0 Å². The minimum atomic E-state index is 0.340. The van der Waals surface area contributed by atoms with E-state index in [2.05, 4.69) is 26.3 Å². The van der Waals surface area contributed by atoms with Gasteiger partial charge in [-0.25, -0.2) is 4.98 Å². The summed E-state index contributed by atoms with van der Waals surface area (Å²) in [6, 6.07) is 9.17. The second-order valence-electron chi connectivity index (χ2n) is 5.73. The average Bonchev–Trinajstić information content (AvgIpc) is 3.03. The summed E-state index contributed by atoms with van der Waals surface area (Å²) in [6.45, 7) is 2.44. The van der Waals surface area contributed by atoms with Crippen molar-refractivity contribution >= 4 is 22.7 Å². The van der Waals surface area contributed by atoms with Crippen LogP contribution in [0.2, 0.25) is 0 Å². The molecule has 3 heterocycles. The molecule has 5 heteroatoms. The number of hydrogen-bond donors (Lipinski definition) is 2. The number of benzene rings is 1. The van der Waals surface area contributed by atoms with Crippen molar-refractivity contribution in [1.29, 1.82) is 0 Å². The molecular formula is C15H19N5. The summed E-state index contributed by atoms with van der Waals surface area (Å²) in [7, 11) is 0. The molecule has 3 N–H and O–H groups in total. The van der Waals surface area contributed by atoms with Crippen LogP contribution in [0.4, 0.5) is 11.8 Å². The van der Waals surface area contributed by atoms with Gasteiger partial charge in [-0.05, 0) is 37.9 Å².